The summed E-state index contributed by atoms with van der Waals surface area (Å²) in [6.07, 6.45) is 1.91. The maximum Gasteiger partial charge on any atom is 0.0446 e. The van der Waals surface area contributed by atoms with Crippen molar-refractivity contribution in [3.8, 4) is 0 Å². The van der Waals surface area contributed by atoms with E-state index in [1.54, 1.807) is 0 Å². The minimum absolute atomic E-state index is 0.113. The summed E-state index contributed by atoms with van der Waals surface area (Å²) in [7, 11) is 2.08. The molecule has 0 bridgehead atoms. The fourth-order valence-electron chi connectivity index (χ4n) is 1.23. The summed E-state index contributed by atoms with van der Waals surface area (Å²) >= 11 is 0. The lowest BCUT2D eigenvalue weighted by Gasteiger charge is -2.21. The molecule has 3 nitrogen and oxygen atoms in total. The van der Waals surface area contributed by atoms with Gasteiger partial charge in [-0.05, 0) is 32.4 Å². The molecule has 0 heterocycles. The first-order valence-electron chi connectivity index (χ1n) is 5.11. The Hall–Kier alpha value is -0.120. The van der Waals surface area contributed by atoms with E-state index in [4.69, 9.17) is 10.8 Å². The molecule has 0 aliphatic carbocycles. The van der Waals surface area contributed by atoms with Crippen LogP contribution in [0.15, 0.2) is 0 Å². The van der Waals surface area contributed by atoms with Gasteiger partial charge < -0.3 is 15.7 Å². The number of rotatable bonds is 7. The van der Waals surface area contributed by atoms with E-state index in [0.29, 0.717) is 6.42 Å². The molecule has 3 N–H and O–H groups in total. The highest BCUT2D eigenvalue weighted by Crippen LogP contribution is 2.01. The topological polar surface area (TPSA) is 49.5 Å². The van der Waals surface area contributed by atoms with Crippen molar-refractivity contribution in [3.63, 3.8) is 0 Å². The summed E-state index contributed by atoms with van der Waals surface area (Å²) in [4.78, 5) is 2.24. The molecule has 0 aromatic carbocycles. The molecule has 80 valence electrons. The molecule has 0 saturated carbocycles. The molecule has 0 spiro atoms. The molecule has 0 aliphatic rings. The third kappa shape index (κ3) is 8.22. The standard InChI is InChI=1S/C10H24N2O/c1-9(2)4-6-12(3)8-10(11)5-7-13/h9-10,13H,4-8,11H2,1-3H3. The van der Waals surface area contributed by atoms with Crippen LogP contribution in [0.3, 0.4) is 0 Å². The largest absolute Gasteiger partial charge is 0.396 e. The highest BCUT2D eigenvalue weighted by Gasteiger charge is 2.06. The average molecular weight is 188 g/mol. The molecule has 13 heavy (non-hydrogen) atoms. The van der Waals surface area contributed by atoms with E-state index in [1.807, 2.05) is 0 Å². The van der Waals surface area contributed by atoms with Gasteiger partial charge in [0.1, 0.15) is 0 Å². The molecule has 0 radical (unpaired) electrons. The first-order chi connectivity index (χ1) is 6.06. The lowest BCUT2D eigenvalue weighted by molar-refractivity contribution is 0.241. The molecule has 0 aliphatic heterocycles. The van der Waals surface area contributed by atoms with Crippen molar-refractivity contribution in [1.82, 2.24) is 4.90 Å². The smallest absolute Gasteiger partial charge is 0.0446 e. The van der Waals surface area contributed by atoms with E-state index < -0.39 is 0 Å². The van der Waals surface area contributed by atoms with Crippen LogP contribution in [-0.4, -0.2) is 42.8 Å². The van der Waals surface area contributed by atoms with Crippen molar-refractivity contribution >= 4 is 0 Å². The number of nitrogens with two attached hydrogens (primary N) is 1. The summed E-state index contributed by atoms with van der Waals surface area (Å²) in [5.74, 6) is 0.747. The SMILES string of the molecule is CC(C)CCN(C)CC(N)CCO. The average Bonchev–Trinajstić information content (AvgIpc) is 2.01. The fourth-order valence-corrected chi connectivity index (χ4v) is 1.23. The number of likely N-dealkylation sites (N-methyl/N-ethyl adjacent to an activating group) is 1. The van der Waals surface area contributed by atoms with Crippen molar-refractivity contribution in [2.45, 2.75) is 32.7 Å². The normalized spacial score (nSPS) is 14.1. The highest BCUT2D eigenvalue weighted by molar-refractivity contribution is 4.65. The van der Waals surface area contributed by atoms with Crippen LogP contribution in [0.5, 0.6) is 0 Å². The van der Waals surface area contributed by atoms with Gasteiger partial charge in [-0.3, -0.25) is 0 Å². The van der Waals surface area contributed by atoms with Crippen LogP contribution in [-0.2, 0) is 0 Å². The van der Waals surface area contributed by atoms with Crippen LogP contribution in [0.1, 0.15) is 26.7 Å². The molecule has 0 amide bonds. The Kier molecular flexibility index (Phi) is 7.23. The zero-order chi connectivity index (χ0) is 10.3. The first kappa shape index (κ1) is 12.9. The second kappa shape index (κ2) is 7.30. The minimum atomic E-state index is 0.113. The lowest BCUT2D eigenvalue weighted by Crippen LogP contribution is -2.36. The molecular weight excluding hydrogens is 164 g/mol. The van der Waals surface area contributed by atoms with Gasteiger partial charge in [0.15, 0.2) is 0 Å². The summed E-state index contributed by atoms with van der Waals surface area (Å²) in [6.45, 7) is 6.62. The monoisotopic (exact) mass is 188 g/mol. The van der Waals surface area contributed by atoms with Gasteiger partial charge in [-0.2, -0.15) is 0 Å². The zero-order valence-electron chi connectivity index (χ0n) is 9.16. The van der Waals surface area contributed by atoms with E-state index in [1.165, 1.54) is 6.42 Å². The van der Waals surface area contributed by atoms with Gasteiger partial charge in [0.05, 0.1) is 0 Å². The Morgan fingerprint density at radius 1 is 1.31 bits per heavy atom. The van der Waals surface area contributed by atoms with Gasteiger partial charge in [-0.15, -0.1) is 0 Å². The van der Waals surface area contributed by atoms with Gasteiger partial charge in [-0.25, -0.2) is 0 Å². The maximum absolute atomic E-state index is 8.67. The number of hydrogen-bond acceptors (Lipinski definition) is 3. The lowest BCUT2D eigenvalue weighted by atomic mass is 10.1. The Morgan fingerprint density at radius 2 is 1.92 bits per heavy atom. The number of aliphatic hydroxyl groups excluding tert-OH is 1. The van der Waals surface area contributed by atoms with Crippen LogP contribution in [0.4, 0.5) is 0 Å². The second-order valence-electron chi connectivity index (χ2n) is 4.22. The van der Waals surface area contributed by atoms with Crippen molar-refractivity contribution in [2.75, 3.05) is 26.7 Å². The highest BCUT2D eigenvalue weighted by atomic mass is 16.3. The Balaban J connectivity index is 3.43. The van der Waals surface area contributed by atoms with Gasteiger partial charge in [0.25, 0.3) is 0 Å². The Bertz CT molecular complexity index is 117. The Labute approximate surface area is 81.9 Å². The van der Waals surface area contributed by atoms with E-state index in [9.17, 15) is 0 Å². The van der Waals surface area contributed by atoms with Crippen LogP contribution in [0.2, 0.25) is 0 Å². The second-order valence-corrected chi connectivity index (χ2v) is 4.22. The Morgan fingerprint density at radius 3 is 2.38 bits per heavy atom. The predicted molar refractivity (Wildman–Crippen MR) is 56.6 cm³/mol. The third-order valence-corrected chi connectivity index (χ3v) is 2.13. The molecule has 1 atom stereocenters. The zero-order valence-corrected chi connectivity index (χ0v) is 9.16. The summed E-state index contributed by atoms with van der Waals surface area (Å²) in [5.41, 5.74) is 5.79. The quantitative estimate of drug-likeness (QED) is 0.617. The van der Waals surface area contributed by atoms with Gasteiger partial charge in [0.2, 0.25) is 0 Å². The molecule has 0 aromatic rings. The van der Waals surface area contributed by atoms with Crippen molar-refractivity contribution in [2.24, 2.45) is 11.7 Å². The molecule has 1 unspecified atom stereocenters. The molecule has 0 rings (SSSR count). The molecule has 0 saturated heterocycles. The number of aliphatic hydroxyl groups is 1. The fraction of sp³-hybridized carbons (Fsp3) is 1.00. The predicted octanol–water partition coefficient (Wildman–Crippen LogP) is 0.674. The summed E-state index contributed by atoms with van der Waals surface area (Å²) in [6, 6.07) is 0.113. The van der Waals surface area contributed by atoms with Crippen LogP contribution < -0.4 is 5.73 Å². The van der Waals surface area contributed by atoms with Crippen molar-refractivity contribution in [3.05, 3.63) is 0 Å². The molecule has 3 heteroatoms. The molecule has 0 fully saturated rings. The number of nitrogens with zero attached hydrogens (tertiary/aromatic N) is 1. The van der Waals surface area contributed by atoms with Gasteiger partial charge in [-0.1, -0.05) is 13.8 Å². The van der Waals surface area contributed by atoms with Crippen LogP contribution in [0, 0.1) is 5.92 Å². The van der Waals surface area contributed by atoms with E-state index in [0.717, 1.165) is 19.0 Å². The van der Waals surface area contributed by atoms with E-state index in [2.05, 4.69) is 25.8 Å². The van der Waals surface area contributed by atoms with Gasteiger partial charge in [0, 0.05) is 19.2 Å². The molecule has 0 aromatic heterocycles. The number of hydrogen-bond donors (Lipinski definition) is 2. The maximum atomic E-state index is 8.67. The first-order valence-corrected chi connectivity index (χ1v) is 5.11. The van der Waals surface area contributed by atoms with Crippen molar-refractivity contribution in [1.29, 1.82) is 0 Å². The van der Waals surface area contributed by atoms with Gasteiger partial charge >= 0.3 is 0 Å². The van der Waals surface area contributed by atoms with Crippen molar-refractivity contribution < 1.29 is 5.11 Å². The molecular formula is C10H24N2O. The summed E-state index contributed by atoms with van der Waals surface area (Å²) in [5, 5.41) is 8.67. The summed E-state index contributed by atoms with van der Waals surface area (Å²) < 4.78 is 0. The van der Waals surface area contributed by atoms with Crippen LogP contribution >= 0.6 is 0 Å². The van der Waals surface area contributed by atoms with E-state index >= 15 is 0 Å². The van der Waals surface area contributed by atoms with Crippen LogP contribution in [0.25, 0.3) is 0 Å². The third-order valence-electron chi connectivity index (χ3n) is 2.13. The minimum Gasteiger partial charge on any atom is -0.396 e. The van der Waals surface area contributed by atoms with E-state index in [-0.39, 0.29) is 12.6 Å².